The Labute approximate surface area is 121 Å². The van der Waals surface area contributed by atoms with Crippen molar-refractivity contribution >= 4 is 17.4 Å². The second-order valence-electron chi connectivity index (χ2n) is 5.34. The van der Waals surface area contributed by atoms with Crippen molar-refractivity contribution in [1.82, 2.24) is 10.3 Å². The van der Waals surface area contributed by atoms with Gasteiger partial charge in [0.25, 0.3) is 0 Å². The van der Waals surface area contributed by atoms with Gasteiger partial charge in [0.05, 0.1) is 11.9 Å². The van der Waals surface area contributed by atoms with Gasteiger partial charge in [-0.25, -0.2) is 0 Å². The van der Waals surface area contributed by atoms with Gasteiger partial charge >= 0.3 is 0 Å². The lowest BCUT2D eigenvalue weighted by Gasteiger charge is -2.37. The first kappa shape index (κ1) is 14.7. The fourth-order valence-corrected chi connectivity index (χ4v) is 3.95. The van der Waals surface area contributed by atoms with E-state index in [4.69, 9.17) is 0 Å². The van der Waals surface area contributed by atoms with E-state index in [0.29, 0.717) is 10.5 Å². The molecule has 0 amide bonds. The third kappa shape index (κ3) is 4.11. The Morgan fingerprint density at radius 2 is 2.11 bits per heavy atom. The highest BCUT2D eigenvalue weighted by molar-refractivity contribution is 8.00. The van der Waals surface area contributed by atoms with Crippen LogP contribution in [0, 0.1) is 0 Å². The largest absolute Gasteiger partial charge is 0.368 e. The highest BCUT2D eigenvalue weighted by Gasteiger charge is 2.23. The molecule has 2 heterocycles. The molecule has 0 saturated carbocycles. The molecule has 0 radical (unpaired) electrons. The summed E-state index contributed by atoms with van der Waals surface area (Å²) in [6.07, 6.45) is 5.10. The highest BCUT2D eigenvalue weighted by atomic mass is 32.2. The summed E-state index contributed by atoms with van der Waals surface area (Å²) in [6, 6.07) is 2.15. The van der Waals surface area contributed by atoms with Gasteiger partial charge in [-0.2, -0.15) is 11.8 Å². The Morgan fingerprint density at radius 1 is 1.37 bits per heavy atom. The SMILES string of the molecule is CCCNCc1ccncc1N1CC(C)SC(C)C1. The van der Waals surface area contributed by atoms with Crippen LogP contribution in [0.3, 0.4) is 0 Å². The quantitative estimate of drug-likeness (QED) is 0.839. The van der Waals surface area contributed by atoms with Crippen molar-refractivity contribution in [2.45, 2.75) is 44.2 Å². The molecule has 1 saturated heterocycles. The van der Waals surface area contributed by atoms with Crippen LogP contribution in [0.15, 0.2) is 18.5 Å². The van der Waals surface area contributed by atoms with Crippen LogP contribution in [0.2, 0.25) is 0 Å². The maximum absolute atomic E-state index is 4.32. The van der Waals surface area contributed by atoms with E-state index in [-0.39, 0.29) is 0 Å². The Kier molecular flexibility index (Phi) is 5.52. The maximum atomic E-state index is 4.32. The van der Waals surface area contributed by atoms with Crippen molar-refractivity contribution < 1.29 is 0 Å². The predicted molar refractivity (Wildman–Crippen MR) is 85.0 cm³/mol. The fraction of sp³-hybridized carbons (Fsp3) is 0.667. The van der Waals surface area contributed by atoms with Crippen LogP contribution in [0.5, 0.6) is 0 Å². The van der Waals surface area contributed by atoms with Crippen LogP contribution in [-0.4, -0.2) is 35.1 Å². The molecule has 4 heteroatoms. The standard InChI is InChI=1S/C15H25N3S/c1-4-6-16-8-14-5-7-17-9-15(14)18-10-12(2)19-13(3)11-18/h5,7,9,12-13,16H,4,6,8,10-11H2,1-3H3. The van der Waals surface area contributed by atoms with Gasteiger partial charge in [0, 0.05) is 36.3 Å². The number of aromatic nitrogens is 1. The number of hydrogen-bond donors (Lipinski definition) is 1. The highest BCUT2D eigenvalue weighted by Crippen LogP contribution is 2.29. The minimum absolute atomic E-state index is 0.695. The Hall–Kier alpha value is -0.740. The molecule has 0 bridgehead atoms. The summed E-state index contributed by atoms with van der Waals surface area (Å²) in [7, 11) is 0. The summed E-state index contributed by atoms with van der Waals surface area (Å²) in [5.41, 5.74) is 2.68. The first-order valence-corrected chi connectivity index (χ1v) is 8.19. The lowest BCUT2D eigenvalue weighted by molar-refractivity contribution is 0.666. The third-order valence-corrected chi connectivity index (χ3v) is 4.62. The lowest BCUT2D eigenvalue weighted by atomic mass is 10.2. The maximum Gasteiger partial charge on any atom is 0.0599 e. The van der Waals surface area contributed by atoms with E-state index in [0.717, 1.165) is 26.2 Å². The second kappa shape index (κ2) is 7.15. The zero-order valence-corrected chi connectivity index (χ0v) is 13.0. The molecular formula is C15H25N3S. The van der Waals surface area contributed by atoms with Crippen LogP contribution in [0.4, 0.5) is 5.69 Å². The van der Waals surface area contributed by atoms with Gasteiger partial charge < -0.3 is 10.2 Å². The van der Waals surface area contributed by atoms with E-state index in [1.54, 1.807) is 0 Å². The van der Waals surface area contributed by atoms with Crippen LogP contribution in [-0.2, 0) is 6.54 Å². The number of nitrogens with one attached hydrogen (secondary N) is 1. The second-order valence-corrected chi connectivity index (χ2v) is 7.23. The van der Waals surface area contributed by atoms with E-state index < -0.39 is 0 Å². The minimum atomic E-state index is 0.695. The first-order valence-electron chi connectivity index (χ1n) is 7.24. The molecule has 1 aromatic heterocycles. The van der Waals surface area contributed by atoms with Crippen molar-refractivity contribution in [2.24, 2.45) is 0 Å². The molecule has 2 atom stereocenters. The molecule has 1 aliphatic rings. The Balaban J connectivity index is 2.09. The van der Waals surface area contributed by atoms with Crippen LogP contribution >= 0.6 is 11.8 Å². The van der Waals surface area contributed by atoms with Gasteiger partial charge in [0.1, 0.15) is 0 Å². The van der Waals surface area contributed by atoms with Crippen LogP contribution < -0.4 is 10.2 Å². The van der Waals surface area contributed by atoms with Crippen molar-refractivity contribution in [3.05, 3.63) is 24.0 Å². The molecule has 1 aromatic rings. The molecule has 19 heavy (non-hydrogen) atoms. The molecule has 0 spiro atoms. The predicted octanol–water partition coefficient (Wildman–Crippen LogP) is 2.91. The summed E-state index contributed by atoms with van der Waals surface area (Å²) < 4.78 is 0. The number of anilines is 1. The first-order chi connectivity index (χ1) is 9.20. The summed E-state index contributed by atoms with van der Waals surface area (Å²) in [6.45, 7) is 11.1. The zero-order chi connectivity index (χ0) is 13.7. The van der Waals surface area contributed by atoms with E-state index in [1.807, 2.05) is 12.4 Å². The molecule has 1 fully saturated rings. The van der Waals surface area contributed by atoms with Crippen molar-refractivity contribution in [3.8, 4) is 0 Å². The fourth-order valence-electron chi connectivity index (χ4n) is 2.62. The topological polar surface area (TPSA) is 28.2 Å². The van der Waals surface area contributed by atoms with Gasteiger partial charge in [0.15, 0.2) is 0 Å². The van der Waals surface area contributed by atoms with E-state index in [1.165, 1.54) is 17.7 Å². The van der Waals surface area contributed by atoms with Gasteiger partial charge in [-0.1, -0.05) is 20.8 Å². The Bertz CT molecular complexity index is 387. The van der Waals surface area contributed by atoms with Crippen LogP contribution in [0.25, 0.3) is 0 Å². The molecule has 106 valence electrons. The van der Waals surface area contributed by atoms with E-state index >= 15 is 0 Å². The van der Waals surface area contributed by atoms with Crippen molar-refractivity contribution in [2.75, 3.05) is 24.5 Å². The molecular weight excluding hydrogens is 254 g/mol. The lowest BCUT2D eigenvalue weighted by Crippen LogP contribution is -2.41. The van der Waals surface area contributed by atoms with Crippen molar-refractivity contribution in [3.63, 3.8) is 0 Å². The van der Waals surface area contributed by atoms with Gasteiger partial charge in [-0.3, -0.25) is 4.98 Å². The van der Waals surface area contributed by atoms with Gasteiger partial charge in [0.2, 0.25) is 0 Å². The summed E-state index contributed by atoms with van der Waals surface area (Å²) in [4.78, 5) is 6.82. The van der Waals surface area contributed by atoms with Gasteiger partial charge in [-0.15, -0.1) is 0 Å². The van der Waals surface area contributed by atoms with Crippen LogP contribution in [0.1, 0.15) is 32.8 Å². The van der Waals surface area contributed by atoms with Crippen molar-refractivity contribution in [1.29, 1.82) is 0 Å². The molecule has 0 aromatic carbocycles. The Morgan fingerprint density at radius 3 is 2.79 bits per heavy atom. The average molecular weight is 279 g/mol. The normalized spacial score (nSPS) is 23.6. The van der Waals surface area contributed by atoms with E-state index in [2.05, 4.69) is 53.8 Å². The summed E-state index contributed by atoms with van der Waals surface area (Å²) >= 11 is 2.09. The monoisotopic (exact) mass is 279 g/mol. The van der Waals surface area contributed by atoms with Gasteiger partial charge in [-0.05, 0) is 24.6 Å². The summed E-state index contributed by atoms with van der Waals surface area (Å²) in [5.74, 6) is 0. The number of pyridine rings is 1. The number of hydrogen-bond acceptors (Lipinski definition) is 4. The number of thioether (sulfide) groups is 1. The third-order valence-electron chi connectivity index (χ3n) is 3.39. The number of rotatable bonds is 5. The average Bonchev–Trinajstić information content (AvgIpc) is 2.38. The number of nitrogens with zero attached hydrogens (tertiary/aromatic N) is 2. The molecule has 3 nitrogen and oxygen atoms in total. The minimum Gasteiger partial charge on any atom is -0.368 e. The summed E-state index contributed by atoms with van der Waals surface area (Å²) in [5, 5.41) is 4.88. The molecule has 1 N–H and O–H groups in total. The molecule has 2 rings (SSSR count). The van der Waals surface area contributed by atoms with E-state index in [9.17, 15) is 0 Å². The zero-order valence-electron chi connectivity index (χ0n) is 12.2. The molecule has 1 aliphatic heterocycles. The molecule has 2 unspecified atom stereocenters. The smallest absolute Gasteiger partial charge is 0.0599 e. The molecule has 0 aliphatic carbocycles.